The van der Waals surface area contributed by atoms with Crippen LogP contribution in [0.25, 0.3) is 0 Å². The zero-order chi connectivity index (χ0) is 14.0. The average molecular weight is 261 g/mol. The van der Waals surface area contributed by atoms with Gasteiger partial charge >= 0.3 is 5.97 Å². The first-order valence-corrected chi connectivity index (χ1v) is 4.72. The Morgan fingerprint density at radius 1 is 1.41 bits per heavy atom. The topological polar surface area (TPSA) is 81.2 Å². The minimum atomic E-state index is -2.59. The maximum Gasteiger partial charge on any atom is 0.359 e. The molecule has 92 valence electrons. The number of aromatic nitrogens is 2. The Balaban J connectivity index is 0.00000200. The summed E-state index contributed by atoms with van der Waals surface area (Å²) < 4.78 is 25.7. The molecule has 0 spiro atoms. The van der Waals surface area contributed by atoms with Crippen LogP contribution in [0.1, 0.15) is 37.9 Å². The fourth-order valence-corrected chi connectivity index (χ4v) is 1.02. The van der Waals surface area contributed by atoms with Crippen molar-refractivity contribution in [1.29, 1.82) is 0 Å². The van der Waals surface area contributed by atoms with Crippen molar-refractivity contribution in [2.45, 2.75) is 18.9 Å². The molecular weight excluding hydrogens is 246 g/mol. The van der Waals surface area contributed by atoms with Crippen LogP contribution in [0.2, 0.25) is 0 Å². The Kier molecular flexibility index (Phi) is 3.07. The molecule has 7 heteroatoms. The normalized spacial score (nSPS) is 16.8. The van der Waals surface area contributed by atoms with Crippen LogP contribution >= 0.6 is 12.4 Å². The Morgan fingerprint density at radius 3 is 2.59 bits per heavy atom. The maximum absolute atomic E-state index is 11.5. The number of ether oxygens (including phenoxy) is 1. The molecule has 1 fully saturated rings. The minimum absolute atomic E-state index is 0. The molecule has 0 bridgehead atoms. The molecule has 1 saturated carbocycles. The predicted octanol–water partition coefficient (Wildman–Crippen LogP) is 0.577. The van der Waals surface area contributed by atoms with Gasteiger partial charge in [0.1, 0.15) is 6.10 Å². The van der Waals surface area contributed by atoms with E-state index in [4.69, 9.17) is 8.85 Å². The van der Waals surface area contributed by atoms with Gasteiger partial charge in [0.2, 0.25) is 0 Å². The second kappa shape index (κ2) is 5.58. The van der Waals surface area contributed by atoms with Crippen molar-refractivity contribution in [1.82, 2.24) is 15.5 Å². The van der Waals surface area contributed by atoms with Gasteiger partial charge in [-0.2, -0.15) is 0 Å². The Labute approximate surface area is 108 Å². The summed E-state index contributed by atoms with van der Waals surface area (Å²) in [6.45, 7) is -2.59. The van der Waals surface area contributed by atoms with E-state index in [9.17, 15) is 9.59 Å². The van der Waals surface area contributed by atoms with Gasteiger partial charge in [-0.1, -0.05) is 0 Å². The van der Waals surface area contributed by atoms with E-state index in [0.717, 1.165) is 12.8 Å². The SMILES string of the molecule is Cl.[2H]C([2H])([2H])NC(=O)c1ccc(C(=O)OC2CC2)nn1. The van der Waals surface area contributed by atoms with Gasteiger partial charge in [-0.3, -0.25) is 4.79 Å². The Hall–Kier alpha value is -1.69. The van der Waals surface area contributed by atoms with Crippen LogP contribution < -0.4 is 5.32 Å². The van der Waals surface area contributed by atoms with Crippen molar-refractivity contribution in [3.8, 4) is 0 Å². The molecule has 0 unspecified atom stereocenters. The standard InChI is InChI=1S/C10H11N3O3.ClH/c1-11-9(14)7-4-5-8(13-12-7)10(15)16-6-2-3-6;/h4-6H,2-3H2,1H3,(H,11,14);1H/i1D3;. The monoisotopic (exact) mass is 260 g/mol. The minimum Gasteiger partial charge on any atom is -0.458 e. The maximum atomic E-state index is 11.5. The molecule has 0 radical (unpaired) electrons. The summed E-state index contributed by atoms with van der Waals surface area (Å²) in [5, 5.41) is 8.81. The second-order valence-corrected chi connectivity index (χ2v) is 3.36. The van der Waals surface area contributed by atoms with Crippen molar-refractivity contribution in [3.63, 3.8) is 0 Å². The lowest BCUT2D eigenvalue weighted by molar-refractivity contribution is 0.0463. The summed E-state index contributed by atoms with van der Waals surface area (Å²) in [6, 6.07) is 2.49. The molecule has 1 aliphatic carbocycles. The molecule has 6 nitrogen and oxygen atoms in total. The molecule has 1 amide bonds. The highest BCUT2D eigenvalue weighted by molar-refractivity contribution is 5.93. The fourth-order valence-electron chi connectivity index (χ4n) is 1.02. The first-order valence-electron chi connectivity index (χ1n) is 6.22. The molecule has 1 aliphatic rings. The van der Waals surface area contributed by atoms with E-state index >= 15 is 0 Å². The molecule has 1 aromatic rings. The van der Waals surface area contributed by atoms with Crippen LogP contribution in [-0.4, -0.2) is 35.2 Å². The zero-order valence-electron chi connectivity index (χ0n) is 11.7. The summed E-state index contributed by atoms with van der Waals surface area (Å²) in [7, 11) is 0. The van der Waals surface area contributed by atoms with Crippen LogP contribution in [0.5, 0.6) is 0 Å². The van der Waals surface area contributed by atoms with Crippen molar-refractivity contribution in [3.05, 3.63) is 23.5 Å². The number of nitrogens with zero attached hydrogens (tertiary/aromatic N) is 2. The molecule has 1 heterocycles. The van der Waals surface area contributed by atoms with Gasteiger partial charge in [0.25, 0.3) is 5.91 Å². The first kappa shape index (κ1) is 9.35. The van der Waals surface area contributed by atoms with Crippen LogP contribution in [0.15, 0.2) is 12.1 Å². The number of carbonyl (C=O) groups is 2. The first-order chi connectivity index (χ1) is 8.85. The third kappa shape index (κ3) is 3.39. The lowest BCUT2D eigenvalue weighted by Gasteiger charge is -2.01. The van der Waals surface area contributed by atoms with Crippen LogP contribution in [-0.2, 0) is 4.74 Å². The summed E-state index contributed by atoms with van der Waals surface area (Å²) in [5.74, 6) is -1.48. The van der Waals surface area contributed by atoms with Gasteiger partial charge in [-0.15, -0.1) is 22.6 Å². The summed E-state index contributed by atoms with van der Waals surface area (Å²) >= 11 is 0. The van der Waals surface area contributed by atoms with Crippen LogP contribution in [0.4, 0.5) is 0 Å². The number of hydrogen-bond donors (Lipinski definition) is 1. The van der Waals surface area contributed by atoms with E-state index < -0.39 is 18.9 Å². The number of halogens is 1. The number of carbonyl (C=O) groups excluding carboxylic acids is 2. The lowest BCUT2D eigenvalue weighted by atomic mass is 10.3. The third-order valence-corrected chi connectivity index (χ3v) is 2.02. The average Bonchev–Trinajstić information content (AvgIpc) is 3.11. The van der Waals surface area contributed by atoms with E-state index in [1.807, 2.05) is 0 Å². The summed E-state index contributed by atoms with van der Waals surface area (Å²) in [5.41, 5.74) is -0.198. The highest BCUT2D eigenvalue weighted by Crippen LogP contribution is 2.24. The predicted molar refractivity (Wildman–Crippen MR) is 61.1 cm³/mol. The zero-order valence-corrected chi connectivity index (χ0v) is 9.49. The molecular formula is C10H12ClN3O3. The van der Waals surface area contributed by atoms with E-state index in [-0.39, 0.29) is 29.9 Å². The highest BCUT2D eigenvalue weighted by Gasteiger charge is 2.27. The second-order valence-electron chi connectivity index (χ2n) is 3.36. The number of esters is 1. The van der Waals surface area contributed by atoms with Crippen LogP contribution in [0, 0.1) is 0 Å². The van der Waals surface area contributed by atoms with E-state index in [0.29, 0.717) is 0 Å². The van der Waals surface area contributed by atoms with Gasteiger partial charge < -0.3 is 10.1 Å². The quantitative estimate of drug-likeness (QED) is 0.804. The van der Waals surface area contributed by atoms with E-state index in [1.165, 1.54) is 12.1 Å². The van der Waals surface area contributed by atoms with E-state index in [1.54, 1.807) is 5.32 Å². The molecule has 0 atom stereocenters. The summed E-state index contributed by atoms with van der Waals surface area (Å²) in [4.78, 5) is 22.9. The van der Waals surface area contributed by atoms with Crippen molar-refractivity contribution in [2.24, 2.45) is 0 Å². The van der Waals surface area contributed by atoms with Gasteiger partial charge in [0, 0.05) is 11.1 Å². The molecule has 1 N–H and O–H groups in total. The fraction of sp³-hybridized carbons (Fsp3) is 0.400. The number of amides is 1. The van der Waals surface area contributed by atoms with Gasteiger partial charge in [0.15, 0.2) is 11.4 Å². The molecule has 0 saturated heterocycles. The number of rotatable bonds is 3. The van der Waals surface area contributed by atoms with Crippen molar-refractivity contribution >= 4 is 24.3 Å². The van der Waals surface area contributed by atoms with Gasteiger partial charge in [-0.05, 0) is 25.0 Å². The van der Waals surface area contributed by atoms with Crippen molar-refractivity contribution < 1.29 is 18.4 Å². The Morgan fingerprint density at radius 2 is 2.06 bits per heavy atom. The molecule has 17 heavy (non-hydrogen) atoms. The van der Waals surface area contributed by atoms with Crippen molar-refractivity contribution in [2.75, 3.05) is 6.98 Å². The van der Waals surface area contributed by atoms with Gasteiger partial charge in [0.05, 0.1) is 0 Å². The molecule has 0 aromatic carbocycles. The Bertz CT molecular complexity index is 503. The third-order valence-electron chi connectivity index (χ3n) is 2.02. The highest BCUT2D eigenvalue weighted by atomic mass is 35.5. The summed E-state index contributed by atoms with van der Waals surface area (Å²) in [6.07, 6.45) is 1.64. The smallest absolute Gasteiger partial charge is 0.359 e. The molecule has 2 rings (SSSR count). The molecule has 1 aromatic heterocycles. The number of nitrogens with one attached hydrogen (secondary N) is 1. The van der Waals surface area contributed by atoms with Gasteiger partial charge in [-0.25, -0.2) is 4.79 Å². The van der Waals surface area contributed by atoms with E-state index in [2.05, 4.69) is 10.2 Å². The number of hydrogen-bond acceptors (Lipinski definition) is 5. The van der Waals surface area contributed by atoms with Crippen LogP contribution in [0.3, 0.4) is 0 Å². The lowest BCUT2D eigenvalue weighted by Crippen LogP contribution is -2.20. The largest absolute Gasteiger partial charge is 0.458 e. The molecule has 0 aliphatic heterocycles.